The van der Waals surface area contributed by atoms with Gasteiger partial charge in [0, 0.05) is 19.3 Å². The number of rotatable bonds is 6. The lowest BCUT2D eigenvalue weighted by Crippen LogP contribution is -2.45. The quantitative estimate of drug-likeness (QED) is 0.806. The van der Waals surface area contributed by atoms with E-state index in [0.717, 1.165) is 25.0 Å². The fourth-order valence-corrected chi connectivity index (χ4v) is 3.09. The Morgan fingerprint density at radius 2 is 1.92 bits per heavy atom. The van der Waals surface area contributed by atoms with Gasteiger partial charge in [0.1, 0.15) is 5.75 Å². The first-order valence-corrected chi connectivity index (χ1v) is 8.62. The second-order valence-corrected chi connectivity index (χ2v) is 6.22. The number of benzene rings is 1. The van der Waals surface area contributed by atoms with Crippen molar-refractivity contribution in [2.45, 2.75) is 44.7 Å². The molecule has 3 rings (SSSR count). The highest BCUT2D eigenvalue weighted by molar-refractivity contribution is 6.22. The van der Waals surface area contributed by atoms with Crippen LogP contribution in [0.3, 0.4) is 0 Å². The number of hydrogen-bond donors (Lipinski definition) is 1. The molecule has 2 heterocycles. The maximum Gasteiger partial charge on any atom is 0.251 e. The fourth-order valence-electron chi connectivity index (χ4n) is 3.09. The normalized spacial score (nSPS) is 22.2. The van der Waals surface area contributed by atoms with Gasteiger partial charge >= 0.3 is 0 Å². The number of amides is 2. The maximum absolute atomic E-state index is 12.6. The molecule has 0 unspecified atom stereocenters. The van der Waals surface area contributed by atoms with Crippen LogP contribution in [0.2, 0.25) is 0 Å². The number of nitrogens with zero attached hydrogens (tertiary/aromatic N) is 1. The fraction of sp³-hybridized carbons (Fsp3) is 0.556. The zero-order valence-corrected chi connectivity index (χ0v) is 14.0. The van der Waals surface area contributed by atoms with Crippen LogP contribution in [-0.2, 0) is 14.3 Å². The summed E-state index contributed by atoms with van der Waals surface area (Å²) in [7, 11) is 0. The summed E-state index contributed by atoms with van der Waals surface area (Å²) in [6.07, 6.45) is 2.90. The standard InChI is InChI=1S/C18H24N2O4/c1-2-9-24-15-5-3-14(4-6-15)20-17(21)12-16(18(20)22)19-13-7-10-23-11-8-13/h3-6,13,16,19H,2,7-12H2,1H3/t16-/m0/s1. The van der Waals surface area contributed by atoms with Gasteiger partial charge in [0.05, 0.1) is 24.8 Å². The molecule has 2 aliphatic heterocycles. The lowest BCUT2D eigenvalue weighted by Gasteiger charge is -2.25. The monoisotopic (exact) mass is 332 g/mol. The summed E-state index contributed by atoms with van der Waals surface area (Å²) in [4.78, 5) is 26.2. The first-order valence-electron chi connectivity index (χ1n) is 8.62. The molecule has 0 saturated carbocycles. The Labute approximate surface area is 142 Å². The minimum Gasteiger partial charge on any atom is -0.494 e. The molecule has 6 heteroatoms. The maximum atomic E-state index is 12.6. The van der Waals surface area contributed by atoms with Gasteiger partial charge in [-0.3, -0.25) is 9.59 Å². The Bertz CT molecular complexity index is 581. The summed E-state index contributed by atoms with van der Waals surface area (Å²) >= 11 is 0. The van der Waals surface area contributed by atoms with Crippen LogP contribution in [0.15, 0.2) is 24.3 Å². The van der Waals surface area contributed by atoms with E-state index < -0.39 is 6.04 Å². The van der Waals surface area contributed by atoms with Gasteiger partial charge in [0.25, 0.3) is 5.91 Å². The van der Waals surface area contributed by atoms with Crippen LogP contribution in [0.1, 0.15) is 32.6 Å². The van der Waals surface area contributed by atoms with Crippen molar-refractivity contribution < 1.29 is 19.1 Å². The van der Waals surface area contributed by atoms with E-state index in [2.05, 4.69) is 5.32 Å². The zero-order valence-electron chi connectivity index (χ0n) is 14.0. The summed E-state index contributed by atoms with van der Waals surface area (Å²) in [5, 5.41) is 3.32. The number of carbonyl (C=O) groups excluding carboxylic acids is 2. The summed E-state index contributed by atoms with van der Waals surface area (Å²) in [6, 6.07) is 6.92. The van der Waals surface area contributed by atoms with E-state index in [1.54, 1.807) is 24.3 Å². The lowest BCUT2D eigenvalue weighted by molar-refractivity contribution is -0.121. The van der Waals surface area contributed by atoms with Crippen molar-refractivity contribution in [1.82, 2.24) is 5.32 Å². The first kappa shape index (κ1) is 16.9. The van der Waals surface area contributed by atoms with E-state index in [1.165, 1.54) is 4.90 Å². The molecule has 2 aliphatic rings. The molecule has 1 N–H and O–H groups in total. The molecule has 0 spiro atoms. The predicted octanol–water partition coefficient (Wildman–Crippen LogP) is 1.88. The van der Waals surface area contributed by atoms with Gasteiger partial charge in [-0.05, 0) is 43.5 Å². The first-order chi connectivity index (χ1) is 11.7. The molecular weight excluding hydrogens is 308 g/mol. The van der Waals surface area contributed by atoms with E-state index in [1.807, 2.05) is 6.92 Å². The van der Waals surface area contributed by atoms with E-state index in [0.29, 0.717) is 25.5 Å². The number of imide groups is 1. The molecule has 6 nitrogen and oxygen atoms in total. The summed E-state index contributed by atoms with van der Waals surface area (Å²) in [5.74, 6) is 0.414. The smallest absolute Gasteiger partial charge is 0.251 e. The second-order valence-electron chi connectivity index (χ2n) is 6.22. The van der Waals surface area contributed by atoms with E-state index in [9.17, 15) is 9.59 Å². The number of anilines is 1. The summed E-state index contributed by atoms with van der Waals surface area (Å²) in [6.45, 7) is 4.10. The van der Waals surface area contributed by atoms with Gasteiger partial charge in [0.15, 0.2) is 0 Å². The van der Waals surface area contributed by atoms with Crippen LogP contribution >= 0.6 is 0 Å². The van der Waals surface area contributed by atoms with Gasteiger partial charge < -0.3 is 14.8 Å². The van der Waals surface area contributed by atoms with Crippen molar-refractivity contribution in [3.8, 4) is 5.75 Å². The van der Waals surface area contributed by atoms with E-state index in [-0.39, 0.29) is 24.3 Å². The molecule has 0 aromatic heterocycles. The van der Waals surface area contributed by atoms with Gasteiger partial charge in [-0.25, -0.2) is 4.90 Å². The molecule has 1 atom stereocenters. The van der Waals surface area contributed by atoms with Crippen molar-refractivity contribution in [2.24, 2.45) is 0 Å². The van der Waals surface area contributed by atoms with Crippen molar-refractivity contribution in [3.63, 3.8) is 0 Å². The molecule has 0 bridgehead atoms. The topological polar surface area (TPSA) is 67.9 Å². The second kappa shape index (κ2) is 7.77. The SMILES string of the molecule is CCCOc1ccc(N2C(=O)C[C@H](NC3CCOCC3)C2=O)cc1. The highest BCUT2D eigenvalue weighted by atomic mass is 16.5. The number of nitrogens with one attached hydrogen (secondary N) is 1. The molecule has 0 radical (unpaired) electrons. The third-order valence-electron chi connectivity index (χ3n) is 4.37. The van der Waals surface area contributed by atoms with Gasteiger partial charge in [-0.2, -0.15) is 0 Å². The third kappa shape index (κ3) is 3.76. The molecule has 2 fully saturated rings. The average molecular weight is 332 g/mol. The molecular formula is C18H24N2O4. The van der Waals surface area contributed by atoms with Crippen molar-refractivity contribution in [2.75, 3.05) is 24.7 Å². The average Bonchev–Trinajstić information content (AvgIpc) is 2.88. The highest BCUT2D eigenvalue weighted by Gasteiger charge is 2.40. The van der Waals surface area contributed by atoms with Crippen LogP contribution < -0.4 is 15.0 Å². The number of ether oxygens (including phenoxy) is 2. The largest absolute Gasteiger partial charge is 0.494 e. The van der Waals surface area contributed by atoms with Crippen LogP contribution in [0.5, 0.6) is 5.75 Å². The minimum absolute atomic E-state index is 0.160. The molecule has 130 valence electrons. The van der Waals surface area contributed by atoms with Gasteiger partial charge in [-0.1, -0.05) is 6.92 Å². The molecule has 1 aromatic carbocycles. The van der Waals surface area contributed by atoms with E-state index in [4.69, 9.17) is 9.47 Å². The summed E-state index contributed by atoms with van der Waals surface area (Å²) in [5.41, 5.74) is 0.602. The van der Waals surface area contributed by atoms with Crippen LogP contribution in [-0.4, -0.2) is 43.7 Å². The Morgan fingerprint density at radius 3 is 2.58 bits per heavy atom. The number of carbonyl (C=O) groups is 2. The summed E-state index contributed by atoms with van der Waals surface area (Å²) < 4.78 is 10.9. The van der Waals surface area contributed by atoms with Crippen LogP contribution in [0, 0.1) is 0 Å². The predicted molar refractivity (Wildman–Crippen MR) is 90.1 cm³/mol. The van der Waals surface area contributed by atoms with Gasteiger partial charge in [-0.15, -0.1) is 0 Å². The van der Waals surface area contributed by atoms with Crippen molar-refractivity contribution in [1.29, 1.82) is 0 Å². The highest BCUT2D eigenvalue weighted by Crippen LogP contribution is 2.26. The van der Waals surface area contributed by atoms with Crippen LogP contribution in [0.25, 0.3) is 0 Å². The Balaban J connectivity index is 1.65. The molecule has 0 aliphatic carbocycles. The molecule has 24 heavy (non-hydrogen) atoms. The zero-order chi connectivity index (χ0) is 16.9. The molecule has 1 aromatic rings. The molecule has 2 saturated heterocycles. The Morgan fingerprint density at radius 1 is 1.21 bits per heavy atom. The van der Waals surface area contributed by atoms with Crippen LogP contribution in [0.4, 0.5) is 5.69 Å². The minimum atomic E-state index is -0.434. The van der Waals surface area contributed by atoms with Crippen molar-refractivity contribution in [3.05, 3.63) is 24.3 Å². The lowest BCUT2D eigenvalue weighted by atomic mass is 10.1. The van der Waals surface area contributed by atoms with Gasteiger partial charge in [0.2, 0.25) is 5.91 Å². The van der Waals surface area contributed by atoms with Crippen molar-refractivity contribution >= 4 is 17.5 Å². The number of hydrogen-bond acceptors (Lipinski definition) is 5. The molecule has 2 amide bonds. The Kier molecular flexibility index (Phi) is 5.48. The third-order valence-corrected chi connectivity index (χ3v) is 4.37. The van der Waals surface area contributed by atoms with E-state index >= 15 is 0 Å². The Hall–Kier alpha value is -1.92.